The van der Waals surface area contributed by atoms with Gasteiger partial charge in [-0.05, 0) is 25.5 Å². The smallest absolute Gasteiger partial charge is 0.0845 e. The molecule has 0 aromatic carbocycles. The summed E-state index contributed by atoms with van der Waals surface area (Å²) in [6.45, 7) is 3.59. The van der Waals surface area contributed by atoms with Gasteiger partial charge in [0.05, 0.1) is 16.2 Å². The lowest BCUT2D eigenvalue weighted by molar-refractivity contribution is -0.410. The Balaban J connectivity index is 3.13. The van der Waals surface area contributed by atoms with Crippen molar-refractivity contribution in [3.05, 3.63) is 21.4 Å². The fraction of sp³-hybridized carbons (Fsp3) is 0.556. The van der Waals surface area contributed by atoms with Crippen LogP contribution in [0.4, 0.5) is 0 Å². The molecule has 2 atom stereocenters. The average Bonchev–Trinajstić information content (AvgIpc) is 2.45. The van der Waals surface area contributed by atoms with Crippen LogP contribution in [0.5, 0.6) is 0 Å². The molecular weight excluding hydrogens is 252 g/mol. The Bertz CT molecular complexity index is 462. The zero-order chi connectivity index (χ0) is 12.5. The topological polar surface area (TPSA) is 89.5 Å². The van der Waals surface area contributed by atoms with E-state index in [-0.39, 0.29) is 0 Å². The van der Waals surface area contributed by atoms with Crippen molar-refractivity contribution < 1.29 is 22.8 Å². The van der Waals surface area contributed by atoms with Crippen LogP contribution in [-0.4, -0.2) is 25.5 Å². The van der Waals surface area contributed by atoms with Gasteiger partial charge in [-0.1, -0.05) is 0 Å². The van der Waals surface area contributed by atoms with E-state index in [1.807, 2.05) is 6.92 Å². The van der Waals surface area contributed by atoms with Gasteiger partial charge in [0.25, 0.3) is 0 Å². The summed E-state index contributed by atoms with van der Waals surface area (Å²) in [6.07, 6.45) is -1.24. The molecule has 0 bridgehead atoms. The van der Waals surface area contributed by atoms with Crippen LogP contribution < -0.4 is 5.11 Å². The maximum absolute atomic E-state index is 11.4. The third-order valence-corrected chi connectivity index (χ3v) is 3.97. The minimum atomic E-state index is -4.90. The highest BCUT2D eigenvalue weighted by atomic mass is 32.2. The second-order valence-electron chi connectivity index (χ2n) is 3.39. The molecule has 0 aliphatic carbocycles. The van der Waals surface area contributed by atoms with E-state index in [1.54, 1.807) is 13.0 Å². The first kappa shape index (κ1) is 13.6. The number of hydrogen-bond donors (Lipinski definition) is 0. The quantitative estimate of drug-likeness (QED) is 0.729. The van der Waals surface area contributed by atoms with Gasteiger partial charge in [-0.15, -0.1) is 11.3 Å². The van der Waals surface area contributed by atoms with E-state index >= 15 is 0 Å². The lowest BCUT2D eigenvalue weighted by atomic mass is 10.1. The summed E-state index contributed by atoms with van der Waals surface area (Å²) in [6, 6.07) is 1.67. The summed E-state index contributed by atoms with van der Waals surface area (Å²) in [7, 11) is -3.68. The molecule has 0 radical (unpaired) electrons. The van der Waals surface area contributed by atoms with Crippen LogP contribution in [0.1, 0.15) is 21.4 Å². The molecule has 0 saturated carbocycles. The Hall–Kier alpha value is -0.470. The summed E-state index contributed by atoms with van der Waals surface area (Å²) >= 11 is 1.43. The van der Waals surface area contributed by atoms with Crippen molar-refractivity contribution in [2.45, 2.75) is 25.4 Å². The molecule has 0 amide bonds. The standard InChI is InChI=1S/C9H13O5S2/c1-5-4-7(6(2)15-5)8(14-3)9(10)16(11,12)13/h4,8-9H,1-3H3,(H,11,12,13)/q-1/p-1. The largest absolute Gasteiger partial charge is 0.839 e. The molecule has 1 rings (SSSR count). The first-order chi connectivity index (χ1) is 7.27. The van der Waals surface area contributed by atoms with Crippen molar-refractivity contribution in [1.82, 2.24) is 0 Å². The van der Waals surface area contributed by atoms with Gasteiger partial charge in [-0.2, -0.15) is 0 Å². The van der Waals surface area contributed by atoms with Crippen LogP contribution in [0.15, 0.2) is 6.07 Å². The second kappa shape index (κ2) is 4.80. The van der Waals surface area contributed by atoms with Crippen LogP contribution >= 0.6 is 11.3 Å². The zero-order valence-corrected chi connectivity index (χ0v) is 10.7. The third-order valence-electron chi connectivity index (χ3n) is 2.17. The lowest BCUT2D eigenvalue weighted by Crippen LogP contribution is -2.40. The summed E-state index contributed by atoms with van der Waals surface area (Å²) in [5.41, 5.74) is -1.85. The minimum absolute atomic E-state index is 0.476. The number of thiophene rings is 1. The zero-order valence-electron chi connectivity index (χ0n) is 9.09. The van der Waals surface area contributed by atoms with E-state index < -0.39 is 21.7 Å². The van der Waals surface area contributed by atoms with Crippen LogP contribution in [0, 0.1) is 13.8 Å². The highest BCUT2D eigenvalue weighted by Crippen LogP contribution is 2.30. The highest BCUT2D eigenvalue weighted by Gasteiger charge is 2.21. The van der Waals surface area contributed by atoms with Gasteiger partial charge in [0.15, 0.2) is 0 Å². The number of rotatable bonds is 4. The molecule has 0 aliphatic rings. The third kappa shape index (κ3) is 2.80. The highest BCUT2D eigenvalue weighted by molar-refractivity contribution is 7.86. The fourth-order valence-electron chi connectivity index (χ4n) is 1.47. The van der Waals surface area contributed by atoms with Crippen LogP contribution in [-0.2, 0) is 14.9 Å². The Morgan fingerprint density at radius 1 is 1.44 bits per heavy atom. The molecular formula is C9H12O5S2-2. The molecule has 1 heterocycles. The summed E-state index contributed by atoms with van der Waals surface area (Å²) in [4.78, 5) is 1.72. The van der Waals surface area contributed by atoms with Gasteiger partial charge >= 0.3 is 0 Å². The van der Waals surface area contributed by atoms with Crippen molar-refractivity contribution in [2.24, 2.45) is 0 Å². The van der Waals surface area contributed by atoms with Gasteiger partial charge < -0.3 is 14.4 Å². The van der Waals surface area contributed by atoms with E-state index in [9.17, 15) is 18.1 Å². The second-order valence-corrected chi connectivity index (χ2v) is 6.30. The number of hydrogen-bond acceptors (Lipinski definition) is 6. The van der Waals surface area contributed by atoms with Crippen molar-refractivity contribution >= 4 is 21.5 Å². The van der Waals surface area contributed by atoms with E-state index in [1.165, 1.54) is 18.4 Å². The molecule has 2 unspecified atom stereocenters. The van der Waals surface area contributed by atoms with Crippen LogP contribution in [0.25, 0.3) is 0 Å². The van der Waals surface area contributed by atoms with E-state index in [2.05, 4.69) is 0 Å². The summed E-state index contributed by atoms with van der Waals surface area (Å²) in [5, 5.41) is 11.4. The molecule has 1 aromatic heterocycles. The number of ether oxygens (including phenoxy) is 1. The summed E-state index contributed by atoms with van der Waals surface area (Å²) in [5.74, 6) is 0. The fourth-order valence-corrected chi connectivity index (χ4v) is 2.99. The molecule has 0 fully saturated rings. The maximum atomic E-state index is 11.4. The Kier molecular flexibility index (Phi) is 4.08. The van der Waals surface area contributed by atoms with Gasteiger partial charge in [-0.25, -0.2) is 8.42 Å². The summed E-state index contributed by atoms with van der Waals surface area (Å²) < 4.78 is 36.9. The monoisotopic (exact) mass is 264 g/mol. The van der Waals surface area contributed by atoms with Crippen molar-refractivity contribution in [2.75, 3.05) is 7.11 Å². The molecule has 0 spiro atoms. The maximum Gasteiger partial charge on any atom is 0.0845 e. The molecule has 0 N–H and O–H groups in total. The van der Waals surface area contributed by atoms with Gasteiger partial charge in [0.1, 0.15) is 0 Å². The van der Waals surface area contributed by atoms with Gasteiger partial charge in [0.2, 0.25) is 0 Å². The molecule has 0 saturated heterocycles. The van der Waals surface area contributed by atoms with Crippen LogP contribution in [0.2, 0.25) is 0 Å². The SMILES string of the molecule is COC(c1cc(C)sc1C)C([O-])S(=O)(=O)[O-]. The van der Waals surface area contributed by atoms with E-state index in [4.69, 9.17) is 4.74 Å². The minimum Gasteiger partial charge on any atom is -0.839 e. The van der Waals surface area contributed by atoms with Gasteiger partial charge in [-0.3, -0.25) is 0 Å². The van der Waals surface area contributed by atoms with Crippen LogP contribution in [0.3, 0.4) is 0 Å². The van der Waals surface area contributed by atoms with Crippen molar-refractivity contribution in [1.29, 1.82) is 0 Å². The number of methoxy groups -OCH3 is 1. The lowest BCUT2D eigenvalue weighted by Gasteiger charge is -2.33. The first-order valence-corrected chi connectivity index (χ1v) is 6.76. The molecule has 7 heteroatoms. The van der Waals surface area contributed by atoms with E-state index in [0.717, 1.165) is 9.75 Å². The Morgan fingerprint density at radius 3 is 2.31 bits per heavy atom. The normalized spacial score (nSPS) is 16.1. The molecule has 1 aromatic rings. The average molecular weight is 264 g/mol. The number of aryl methyl sites for hydroxylation is 2. The molecule has 92 valence electrons. The Morgan fingerprint density at radius 2 is 2.00 bits per heavy atom. The predicted octanol–water partition coefficient (Wildman–Crippen LogP) is 0.284. The Labute approximate surface area is 98.4 Å². The van der Waals surface area contributed by atoms with Crippen molar-refractivity contribution in [3.8, 4) is 0 Å². The molecule has 0 aliphatic heterocycles. The first-order valence-electron chi connectivity index (χ1n) is 4.47. The van der Waals surface area contributed by atoms with E-state index in [0.29, 0.717) is 5.56 Å². The predicted molar refractivity (Wildman–Crippen MR) is 57.0 cm³/mol. The van der Waals surface area contributed by atoms with Crippen molar-refractivity contribution in [3.63, 3.8) is 0 Å². The van der Waals surface area contributed by atoms with Gasteiger partial charge in [0, 0.05) is 22.3 Å². The molecule has 5 nitrogen and oxygen atoms in total. The molecule has 16 heavy (non-hydrogen) atoms.